The first-order chi connectivity index (χ1) is 15.0. The second-order valence-electron chi connectivity index (χ2n) is 7.57. The molecular weight excluding hydrogens is 394 g/mol. The number of carbonyl (C=O) groups is 2. The minimum absolute atomic E-state index is 0.0183. The number of hydrogen-bond donors (Lipinski definition) is 2. The molecule has 9 heteroatoms. The molecule has 2 N–H and O–H groups in total. The first-order valence-corrected chi connectivity index (χ1v) is 9.97. The quantitative estimate of drug-likeness (QED) is 0.629. The first-order valence-electron chi connectivity index (χ1n) is 9.97. The molecule has 31 heavy (non-hydrogen) atoms. The van der Waals surface area contributed by atoms with Crippen LogP contribution >= 0.6 is 0 Å². The molecule has 1 fully saturated rings. The number of amides is 2. The Hall–Kier alpha value is -4.06. The average molecular weight is 413 g/mol. The van der Waals surface area contributed by atoms with Crippen molar-refractivity contribution in [3.8, 4) is 11.8 Å². The number of carbonyl (C=O) groups excluding carboxylic acids is 2. The van der Waals surface area contributed by atoms with E-state index in [4.69, 9.17) is 0 Å². The summed E-state index contributed by atoms with van der Waals surface area (Å²) >= 11 is 0. The average Bonchev–Trinajstić information content (AvgIpc) is 3.58. The fourth-order valence-corrected chi connectivity index (χ4v) is 3.48. The molecule has 0 unspecified atom stereocenters. The zero-order valence-electron chi connectivity index (χ0n) is 17.1. The van der Waals surface area contributed by atoms with Crippen LogP contribution in [0.15, 0.2) is 24.4 Å². The molecule has 0 radical (unpaired) electrons. The molecular formula is C22H19N7O2. The third kappa shape index (κ3) is 3.53. The Kier molecular flexibility index (Phi) is 4.47. The molecule has 154 valence electrons. The van der Waals surface area contributed by atoms with Crippen molar-refractivity contribution in [1.29, 1.82) is 0 Å². The molecule has 1 aliphatic heterocycles. The van der Waals surface area contributed by atoms with E-state index in [2.05, 4.69) is 42.6 Å². The van der Waals surface area contributed by atoms with Crippen molar-refractivity contribution in [2.24, 2.45) is 5.92 Å². The van der Waals surface area contributed by atoms with Crippen LogP contribution in [0.25, 0.3) is 10.9 Å². The maximum atomic E-state index is 12.1. The van der Waals surface area contributed by atoms with Crippen LogP contribution in [0.1, 0.15) is 29.8 Å². The molecule has 9 nitrogen and oxygen atoms in total. The maximum absolute atomic E-state index is 12.1. The monoisotopic (exact) mass is 413 g/mol. The molecule has 3 aromatic rings. The third-order valence-corrected chi connectivity index (χ3v) is 5.40. The number of fused-ring (bicyclic) bond motifs is 2. The Morgan fingerprint density at radius 2 is 2.06 bits per heavy atom. The van der Waals surface area contributed by atoms with Crippen molar-refractivity contribution in [3.05, 3.63) is 41.3 Å². The number of pyridine rings is 2. The Labute approximate surface area is 178 Å². The van der Waals surface area contributed by atoms with Gasteiger partial charge in [0.2, 0.25) is 11.8 Å². The normalized spacial score (nSPS) is 14.8. The van der Waals surface area contributed by atoms with Crippen molar-refractivity contribution in [3.63, 3.8) is 0 Å². The summed E-state index contributed by atoms with van der Waals surface area (Å²) in [6, 6.07) is 5.41. The summed E-state index contributed by atoms with van der Waals surface area (Å²) in [5.41, 5.74) is 3.31. The molecule has 4 heterocycles. The number of anilines is 3. The molecule has 0 aromatic carbocycles. The highest BCUT2D eigenvalue weighted by molar-refractivity contribution is 6.00. The lowest BCUT2D eigenvalue weighted by Gasteiger charge is -2.08. The molecule has 1 aliphatic carbocycles. The van der Waals surface area contributed by atoms with E-state index < -0.39 is 0 Å². The molecule has 0 spiro atoms. The SMILES string of the molecule is CNc1ncc(C#Cc2ccc3c(n2)CC(=O)N3C)c2cc(NC(=O)C3CC3)nnc12. The minimum atomic E-state index is -0.0361. The molecule has 5 rings (SSSR count). The Morgan fingerprint density at radius 1 is 1.23 bits per heavy atom. The first kappa shape index (κ1) is 18.9. The lowest BCUT2D eigenvalue weighted by molar-refractivity contribution is -0.118. The zero-order chi connectivity index (χ0) is 21.5. The van der Waals surface area contributed by atoms with Crippen molar-refractivity contribution in [2.45, 2.75) is 19.3 Å². The highest BCUT2D eigenvalue weighted by Gasteiger charge is 2.30. The van der Waals surface area contributed by atoms with E-state index in [-0.39, 0.29) is 24.2 Å². The van der Waals surface area contributed by atoms with Gasteiger partial charge in [0, 0.05) is 31.6 Å². The molecule has 0 bridgehead atoms. The van der Waals surface area contributed by atoms with Gasteiger partial charge in [0.25, 0.3) is 0 Å². The fraction of sp³-hybridized carbons (Fsp3) is 0.273. The summed E-state index contributed by atoms with van der Waals surface area (Å²) in [5, 5.41) is 14.9. The predicted molar refractivity (Wildman–Crippen MR) is 116 cm³/mol. The van der Waals surface area contributed by atoms with E-state index >= 15 is 0 Å². The summed E-state index contributed by atoms with van der Waals surface area (Å²) < 4.78 is 0. The standard InChI is InChI=1S/C22H19N7O2/c1-23-21-20-15(9-18(27-28-20)26-22(31)12-3-4-12)13(11-24-21)5-6-14-7-8-17-16(25-14)10-19(30)29(17)2/h7-9,11-12H,3-4,10H2,1-2H3,(H,23,24)(H,26,27,31). The van der Waals surface area contributed by atoms with Crippen LogP contribution in [-0.2, 0) is 16.0 Å². The summed E-state index contributed by atoms with van der Waals surface area (Å²) in [7, 11) is 3.49. The Bertz CT molecular complexity index is 1300. The van der Waals surface area contributed by atoms with Crippen LogP contribution in [0.3, 0.4) is 0 Å². The van der Waals surface area contributed by atoms with Gasteiger partial charge in [-0.1, -0.05) is 5.92 Å². The van der Waals surface area contributed by atoms with E-state index in [0.717, 1.165) is 29.6 Å². The topological polar surface area (TPSA) is 113 Å². The van der Waals surface area contributed by atoms with Crippen LogP contribution < -0.4 is 15.5 Å². The highest BCUT2D eigenvalue weighted by Crippen LogP contribution is 2.31. The number of rotatable bonds is 3. The summed E-state index contributed by atoms with van der Waals surface area (Å²) in [4.78, 5) is 34.5. The maximum Gasteiger partial charge on any atom is 0.232 e. The van der Waals surface area contributed by atoms with Crippen LogP contribution in [0, 0.1) is 17.8 Å². The van der Waals surface area contributed by atoms with Crippen LogP contribution in [0.5, 0.6) is 0 Å². The smallest absolute Gasteiger partial charge is 0.232 e. The predicted octanol–water partition coefficient (Wildman–Crippen LogP) is 1.73. The van der Waals surface area contributed by atoms with E-state index in [9.17, 15) is 9.59 Å². The van der Waals surface area contributed by atoms with Gasteiger partial charge in [-0.15, -0.1) is 10.2 Å². The van der Waals surface area contributed by atoms with Gasteiger partial charge in [0.05, 0.1) is 23.4 Å². The van der Waals surface area contributed by atoms with Gasteiger partial charge >= 0.3 is 0 Å². The van der Waals surface area contributed by atoms with Gasteiger partial charge < -0.3 is 15.5 Å². The van der Waals surface area contributed by atoms with Gasteiger partial charge in [-0.3, -0.25) is 9.59 Å². The van der Waals surface area contributed by atoms with E-state index in [1.165, 1.54) is 0 Å². The Balaban J connectivity index is 1.52. The zero-order valence-corrected chi connectivity index (χ0v) is 17.1. The van der Waals surface area contributed by atoms with Crippen molar-refractivity contribution in [2.75, 3.05) is 29.6 Å². The molecule has 3 aromatic heterocycles. The lowest BCUT2D eigenvalue weighted by atomic mass is 10.1. The molecule has 2 aliphatic rings. The summed E-state index contributed by atoms with van der Waals surface area (Å²) in [5.74, 6) is 7.17. The lowest BCUT2D eigenvalue weighted by Crippen LogP contribution is -2.20. The van der Waals surface area contributed by atoms with Gasteiger partial charge in [-0.2, -0.15) is 0 Å². The molecule has 0 atom stereocenters. The number of nitrogens with one attached hydrogen (secondary N) is 2. The van der Waals surface area contributed by atoms with Crippen molar-refractivity contribution < 1.29 is 9.59 Å². The van der Waals surface area contributed by atoms with E-state index in [1.54, 1.807) is 37.3 Å². The van der Waals surface area contributed by atoms with Crippen LogP contribution in [0.4, 0.5) is 17.3 Å². The van der Waals surface area contributed by atoms with E-state index in [0.29, 0.717) is 28.4 Å². The third-order valence-electron chi connectivity index (χ3n) is 5.40. The van der Waals surface area contributed by atoms with Crippen LogP contribution in [0.2, 0.25) is 0 Å². The van der Waals surface area contributed by atoms with Gasteiger partial charge in [-0.25, -0.2) is 9.97 Å². The number of aromatic nitrogens is 4. The van der Waals surface area contributed by atoms with Crippen molar-refractivity contribution >= 4 is 40.0 Å². The number of likely N-dealkylation sites (N-methyl/N-ethyl adjacent to an activating group) is 1. The minimum Gasteiger partial charge on any atom is -0.371 e. The number of nitrogens with zero attached hydrogens (tertiary/aromatic N) is 5. The molecule has 0 saturated heterocycles. The second kappa shape index (κ2) is 7.32. The largest absolute Gasteiger partial charge is 0.371 e. The van der Waals surface area contributed by atoms with Crippen LogP contribution in [-0.4, -0.2) is 46.1 Å². The fourth-order valence-electron chi connectivity index (χ4n) is 3.48. The van der Waals surface area contributed by atoms with Crippen molar-refractivity contribution in [1.82, 2.24) is 20.2 Å². The number of hydrogen-bond acceptors (Lipinski definition) is 7. The molecule has 2 amide bonds. The van der Waals surface area contributed by atoms with Gasteiger partial charge in [-0.05, 0) is 37.0 Å². The highest BCUT2D eigenvalue weighted by atomic mass is 16.2. The van der Waals surface area contributed by atoms with Gasteiger partial charge in [0.1, 0.15) is 11.2 Å². The second-order valence-corrected chi connectivity index (χ2v) is 7.57. The van der Waals surface area contributed by atoms with Gasteiger partial charge in [0.15, 0.2) is 11.6 Å². The molecule has 1 saturated carbocycles. The summed E-state index contributed by atoms with van der Waals surface area (Å²) in [6.45, 7) is 0. The summed E-state index contributed by atoms with van der Waals surface area (Å²) in [6.07, 6.45) is 3.75. The Morgan fingerprint density at radius 3 is 2.84 bits per heavy atom. The van der Waals surface area contributed by atoms with E-state index in [1.807, 2.05) is 6.07 Å².